The van der Waals surface area contributed by atoms with Crippen LogP contribution >= 0.6 is 11.3 Å². The van der Waals surface area contributed by atoms with Crippen molar-refractivity contribution < 1.29 is 0 Å². The van der Waals surface area contributed by atoms with Crippen molar-refractivity contribution in [3.05, 3.63) is 5.01 Å². The first-order chi connectivity index (χ1) is 6.90. The number of nitrogens with zero attached hydrogens (tertiary/aromatic N) is 3. The number of hydrogen-bond donors (Lipinski definition) is 1. The van der Waals surface area contributed by atoms with E-state index in [-0.39, 0.29) is 0 Å². The predicted octanol–water partition coefficient (Wildman–Crippen LogP) is 2.06. The van der Waals surface area contributed by atoms with E-state index in [9.17, 15) is 0 Å². The average Bonchev–Trinajstić information content (AvgIpc) is 2.48. The van der Waals surface area contributed by atoms with Crippen LogP contribution in [0.4, 0.5) is 5.13 Å². The van der Waals surface area contributed by atoms with Crippen molar-refractivity contribution in [1.29, 1.82) is 0 Å². The number of hydrogen-bond acceptors (Lipinski definition) is 5. The zero-order valence-electron chi connectivity index (χ0n) is 10.2. The molecule has 86 valence electrons. The molecule has 1 rings (SSSR count). The summed E-state index contributed by atoms with van der Waals surface area (Å²) in [4.78, 5) is 2.28. The van der Waals surface area contributed by atoms with E-state index in [0.29, 0.717) is 5.41 Å². The SMILES string of the molecule is CNc1nnc(CN(C)CC(C)(C)C)s1. The Morgan fingerprint density at radius 3 is 2.47 bits per heavy atom. The van der Waals surface area contributed by atoms with Crippen molar-refractivity contribution in [2.75, 3.05) is 26.0 Å². The topological polar surface area (TPSA) is 41.1 Å². The molecular formula is C10H20N4S. The quantitative estimate of drug-likeness (QED) is 0.856. The molecule has 5 heteroatoms. The highest BCUT2D eigenvalue weighted by atomic mass is 32.1. The lowest BCUT2D eigenvalue weighted by atomic mass is 9.96. The Bertz CT molecular complexity index is 303. The maximum Gasteiger partial charge on any atom is 0.205 e. The maximum atomic E-state index is 4.12. The first-order valence-electron chi connectivity index (χ1n) is 5.09. The van der Waals surface area contributed by atoms with Crippen LogP contribution in [-0.4, -0.2) is 35.7 Å². The Morgan fingerprint density at radius 1 is 1.33 bits per heavy atom. The van der Waals surface area contributed by atoms with Gasteiger partial charge in [-0.2, -0.15) is 0 Å². The molecular weight excluding hydrogens is 208 g/mol. The van der Waals surface area contributed by atoms with Gasteiger partial charge < -0.3 is 5.32 Å². The van der Waals surface area contributed by atoms with E-state index < -0.39 is 0 Å². The maximum absolute atomic E-state index is 4.12. The summed E-state index contributed by atoms with van der Waals surface area (Å²) in [7, 11) is 3.98. The molecule has 0 unspecified atom stereocenters. The van der Waals surface area contributed by atoms with Gasteiger partial charge in [-0.1, -0.05) is 32.1 Å². The van der Waals surface area contributed by atoms with Crippen LogP contribution in [0.25, 0.3) is 0 Å². The lowest BCUT2D eigenvalue weighted by molar-refractivity contribution is 0.220. The molecule has 4 nitrogen and oxygen atoms in total. The summed E-state index contributed by atoms with van der Waals surface area (Å²) in [5.74, 6) is 0. The minimum atomic E-state index is 0.325. The van der Waals surface area contributed by atoms with Crippen molar-refractivity contribution in [2.45, 2.75) is 27.3 Å². The molecule has 0 aromatic carbocycles. The van der Waals surface area contributed by atoms with Crippen LogP contribution in [0.3, 0.4) is 0 Å². The third-order valence-electron chi connectivity index (χ3n) is 1.83. The summed E-state index contributed by atoms with van der Waals surface area (Å²) in [6.45, 7) is 8.64. The highest BCUT2D eigenvalue weighted by molar-refractivity contribution is 7.15. The molecule has 0 bridgehead atoms. The summed E-state index contributed by atoms with van der Waals surface area (Å²) in [5, 5.41) is 13.1. The van der Waals surface area contributed by atoms with Gasteiger partial charge in [0.25, 0.3) is 0 Å². The molecule has 1 aromatic rings. The van der Waals surface area contributed by atoms with Crippen LogP contribution in [0.15, 0.2) is 0 Å². The summed E-state index contributed by atoms with van der Waals surface area (Å²) in [6.07, 6.45) is 0. The lowest BCUT2D eigenvalue weighted by Gasteiger charge is -2.25. The number of rotatable bonds is 4. The third-order valence-corrected chi connectivity index (χ3v) is 2.76. The molecule has 1 N–H and O–H groups in total. The van der Waals surface area contributed by atoms with Gasteiger partial charge in [-0.05, 0) is 12.5 Å². The van der Waals surface area contributed by atoms with Crippen molar-refractivity contribution in [3.8, 4) is 0 Å². The van der Waals surface area contributed by atoms with Crippen LogP contribution in [0.5, 0.6) is 0 Å². The van der Waals surface area contributed by atoms with Gasteiger partial charge in [-0.15, -0.1) is 10.2 Å². The molecule has 1 aromatic heterocycles. The van der Waals surface area contributed by atoms with E-state index in [1.807, 2.05) is 7.05 Å². The molecule has 0 saturated heterocycles. The Labute approximate surface area is 95.7 Å². The van der Waals surface area contributed by atoms with E-state index in [4.69, 9.17) is 0 Å². The number of aromatic nitrogens is 2. The minimum absolute atomic E-state index is 0.325. The monoisotopic (exact) mass is 228 g/mol. The molecule has 0 radical (unpaired) electrons. The summed E-state index contributed by atoms with van der Waals surface area (Å²) in [6, 6.07) is 0. The van der Waals surface area contributed by atoms with Crippen molar-refractivity contribution in [2.24, 2.45) is 5.41 Å². The predicted molar refractivity (Wildman–Crippen MR) is 65.2 cm³/mol. The Hall–Kier alpha value is -0.680. The standard InChI is InChI=1S/C10H20N4S/c1-10(2,3)7-14(5)6-8-12-13-9(11-4)15-8/h6-7H2,1-5H3,(H,11,13). The van der Waals surface area contributed by atoms with Crippen LogP contribution in [0, 0.1) is 5.41 Å². The number of anilines is 1. The van der Waals surface area contributed by atoms with Gasteiger partial charge >= 0.3 is 0 Å². The Balaban J connectivity index is 2.47. The van der Waals surface area contributed by atoms with Crippen LogP contribution in [0.2, 0.25) is 0 Å². The van der Waals surface area contributed by atoms with Crippen molar-refractivity contribution in [1.82, 2.24) is 15.1 Å². The van der Waals surface area contributed by atoms with Crippen LogP contribution < -0.4 is 5.32 Å². The molecule has 15 heavy (non-hydrogen) atoms. The van der Waals surface area contributed by atoms with Gasteiger partial charge in [0.2, 0.25) is 5.13 Å². The minimum Gasteiger partial charge on any atom is -0.363 e. The summed E-state index contributed by atoms with van der Waals surface area (Å²) >= 11 is 1.61. The fraction of sp³-hybridized carbons (Fsp3) is 0.800. The highest BCUT2D eigenvalue weighted by Crippen LogP contribution is 2.19. The van der Waals surface area contributed by atoms with E-state index in [0.717, 1.165) is 23.2 Å². The van der Waals surface area contributed by atoms with Gasteiger partial charge in [-0.3, -0.25) is 4.90 Å². The molecule has 0 aliphatic carbocycles. The second-order valence-corrected chi connectivity index (χ2v) is 6.05. The van der Waals surface area contributed by atoms with Crippen molar-refractivity contribution >= 4 is 16.5 Å². The van der Waals surface area contributed by atoms with Gasteiger partial charge in [0.15, 0.2) is 0 Å². The molecule has 0 aliphatic heterocycles. The first-order valence-corrected chi connectivity index (χ1v) is 5.91. The second kappa shape index (κ2) is 4.90. The van der Waals surface area contributed by atoms with Crippen LogP contribution in [0.1, 0.15) is 25.8 Å². The van der Waals surface area contributed by atoms with E-state index in [1.165, 1.54) is 0 Å². The fourth-order valence-electron chi connectivity index (χ4n) is 1.52. The fourth-order valence-corrected chi connectivity index (χ4v) is 2.29. The summed E-state index contributed by atoms with van der Waals surface area (Å²) in [5.41, 5.74) is 0.325. The molecule has 0 saturated carbocycles. The van der Waals surface area contributed by atoms with E-state index in [2.05, 4.69) is 48.2 Å². The van der Waals surface area contributed by atoms with Crippen molar-refractivity contribution in [3.63, 3.8) is 0 Å². The largest absolute Gasteiger partial charge is 0.363 e. The zero-order chi connectivity index (χ0) is 11.5. The van der Waals surface area contributed by atoms with E-state index >= 15 is 0 Å². The van der Waals surface area contributed by atoms with Gasteiger partial charge in [0, 0.05) is 13.6 Å². The average molecular weight is 228 g/mol. The second-order valence-electron chi connectivity index (χ2n) is 4.98. The molecule has 0 atom stereocenters. The zero-order valence-corrected chi connectivity index (χ0v) is 11.0. The van der Waals surface area contributed by atoms with Gasteiger partial charge in [-0.25, -0.2) is 0 Å². The smallest absolute Gasteiger partial charge is 0.205 e. The van der Waals surface area contributed by atoms with Gasteiger partial charge in [0.05, 0.1) is 6.54 Å². The van der Waals surface area contributed by atoms with Crippen LogP contribution in [-0.2, 0) is 6.54 Å². The highest BCUT2D eigenvalue weighted by Gasteiger charge is 2.14. The lowest BCUT2D eigenvalue weighted by Crippen LogP contribution is -2.28. The first kappa shape index (κ1) is 12.4. The molecule has 0 amide bonds. The Kier molecular flexibility index (Phi) is 4.04. The third kappa shape index (κ3) is 4.57. The molecule has 0 fully saturated rings. The van der Waals surface area contributed by atoms with E-state index in [1.54, 1.807) is 11.3 Å². The molecule has 1 heterocycles. The van der Waals surface area contributed by atoms with Gasteiger partial charge in [0.1, 0.15) is 5.01 Å². The summed E-state index contributed by atoms with van der Waals surface area (Å²) < 4.78 is 0. The molecule has 0 aliphatic rings. The number of nitrogens with one attached hydrogen (secondary N) is 1. The normalized spacial score (nSPS) is 12.1. The molecule has 0 spiro atoms. The Morgan fingerprint density at radius 2 is 2.00 bits per heavy atom.